The van der Waals surface area contributed by atoms with Crippen molar-refractivity contribution in [3.8, 4) is 0 Å². The molecule has 3 fully saturated rings. The van der Waals surface area contributed by atoms with Gasteiger partial charge in [-0.1, -0.05) is 12.8 Å². The van der Waals surface area contributed by atoms with E-state index < -0.39 is 0 Å². The lowest BCUT2D eigenvalue weighted by atomic mass is 9.85. The van der Waals surface area contributed by atoms with E-state index in [-0.39, 0.29) is 12.1 Å². The SMILES string of the molecule is N[C@@H]1CCN(C(=O)C2CC3CCCCC3N2)C1. The van der Waals surface area contributed by atoms with Crippen LogP contribution in [0.4, 0.5) is 0 Å². The van der Waals surface area contributed by atoms with Crippen molar-refractivity contribution in [2.45, 2.75) is 56.7 Å². The van der Waals surface area contributed by atoms with Crippen molar-refractivity contribution in [2.75, 3.05) is 13.1 Å². The van der Waals surface area contributed by atoms with Gasteiger partial charge in [0.25, 0.3) is 0 Å². The third kappa shape index (κ3) is 2.20. The van der Waals surface area contributed by atoms with Crippen molar-refractivity contribution in [3.63, 3.8) is 0 Å². The van der Waals surface area contributed by atoms with Crippen LogP contribution >= 0.6 is 0 Å². The molecule has 0 spiro atoms. The second-order valence-electron chi connectivity index (χ2n) is 5.94. The van der Waals surface area contributed by atoms with Gasteiger partial charge in [-0.3, -0.25) is 4.79 Å². The summed E-state index contributed by atoms with van der Waals surface area (Å²) in [6, 6.07) is 0.880. The van der Waals surface area contributed by atoms with Crippen LogP contribution in [0.25, 0.3) is 0 Å². The minimum atomic E-state index is 0.0772. The van der Waals surface area contributed by atoms with Crippen molar-refractivity contribution in [2.24, 2.45) is 11.7 Å². The lowest BCUT2D eigenvalue weighted by Crippen LogP contribution is -2.45. The summed E-state index contributed by atoms with van der Waals surface area (Å²) in [6.45, 7) is 1.61. The third-order valence-electron chi connectivity index (χ3n) is 4.70. The van der Waals surface area contributed by atoms with E-state index in [4.69, 9.17) is 5.73 Å². The summed E-state index contributed by atoms with van der Waals surface area (Å²) in [4.78, 5) is 14.3. The van der Waals surface area contributed by atoms with Crippen LogP contribution in [0.2, 0.25) is 0 Å². The molecule has 0 bridgehead atoms. The quantitative estimate of drug-likeness (QED) is 0.697. The summed E-state index contributed by atoms with van der Waals surface area (Å²) in [5.41, 5.74) is 5.86. The van der Waals surface area contributed by atoms with E-state index in [0.29, 0.717) is 11.9 Å². The Morgan fingerprint density at radius 2 is 2.06 bits per heavy atom. The van der Waals surface area contributed by atoms with Gasteiger partial charge >= 0.3 is 0 Å². The molecule has 3 aliphatic rings. The topological polar surface area (TPSA) is 58.4 Å². The number of nitrogens with one attached hydrogen (secondary N) is 1. The van der Waals surface area contributed by atoms with E-state index in [1.807, 2.05) is 4.90 Å². The minimum absolute atomic E-state index is 0.0772. The van der Waals surface area contributed by atoms with Gasteiger partial charge in [0, 0.05) is 25.2 Å². The smallest absolute Gasteiger partial charge is 0.239 e. The number of fused-ring (bicyclic) bond motifs is 1. The molecular weight excluding hydrogens is 214 g/mol. The van der Waals surface area contributed by atoms with Crippen LogP contribution in [0.5, 0.6) is 0 Å². The van der Waals surface area contributed by atoms with Crippen LogP contribution in [-0.4, -0.2) is 42.0 Å². The van der Waals surface area contributed by atoms with Crippen molar-refractivity contribution in [3.05, 3.63) is 0 Å². The van der Waals surface area contributed by atoms with Gasteiger partial charge < -0.3 is 16.0 Å². The van der Waals surface area contributed by atoms with Crippen molar-refractivity contribution in [1.29, 1.82) is 0 Å². The summed E-state index contributed by atoms with van der Waals surface area (Å²) in [6.07, 6.45) is 7.25. The van der Waals surface area contributed by atoms with Gasteiger partial charge in [-0.05, 0) is 31.6 Å². The third-order valence-corrected chi connectivity index (χ3v) is 4.70. The fourth-order valence-electron chi connectivity index (χ4n) is 3.72. The summed E-state index contributed by atoms with van der Waals surface area (Å²) >= 11 is 0. The zero-order chi connectivity index (χ0) is 11.8. The average molecular weight is 237 g/mol. The van der Waals surface area contributed by atoms with Crippen LogP contribution in [0.3, 0.4) is 0 Å². The number of carbonyl (C=O) groups is 1. The Kier molecular flexibility index (Phi) is 3.09. The molecule has 96 valence electrons. The van der Waals surface area contributed by atoms with Gasteiger partial charge in [0.2, 0.25) is 5.91 Å². The van der Waals surface area contributed by atoms with Crippen LogP contribution in [0.15, 0.2) is 0 Å². The number of hydrogen-bond donors (Lipinski definition) is 2. The summed E-state index contributed by atoms with van der Waals surface area (Å²) < 4.78 is 0. The van der Waals surface area contributed by atoms with Gasteiger partial charge in [0.1, 0.15) is 0 Å². The van der Waals surface area contributed by atoms with Gasteiger partial charge in [-0.15, -0.1) is 0 Å². The van der Waals surface area contributed by atoms with Crippen LogP contribution < -0.4 is 11.1 Å². The second kappa shape index (κ2) is 4.58. The van der Waals surface area contributed by atoms with E-state index >= 15 is 0 Å². The molecule has 4 heteroatoms. The molecule has 17 heavy (non-hydrogen) atoms. The number of nitrogens with zero attached hydrogens (tertiary/aromatic N) is 1. The predicted octanol–water partition coefficient (Wildman–Crippen LogP) is 0.467. The fraction of sp³-hybridized carbons (Fsp3) is 0.923. The largest absolute Gasteiger partial charge is 0.340 e. The van der Waals surface area contributed by atoms with E-state index in [0.717, 1.165) is 31.8 Å². The first-order valence-electron chi connectivity index (χ1n) is 7.04. The normalized spacial score (nSPS) is 41.6. The number of hydrogen-bond acceptors (Lipinski definition) is 3. The first kappa shape index (κ1) is 11.5. The number of rotatable bonds is 1. The highest BCUT2D eigenvalue weighted by atomic mass is 16.2. The molecule has 0 aromatic carbocycles. The zero-order valence-electron chi connectivity index (χ0n) is 10.4. The lowest BCUT2D eigenvalue weighted by molar-refractivity contribution is -0.132. The summed E-state index contributed by atoms with van der Waals surface area (Å²) in [5.74, 6) is 1.04. The standard InChI is InChI=1S/C13H23N3O/c14-10-5-6-16(8-10)13(17)12-7-9-3-1-2-4-11(9)15-12/h9-12,15H,1-8,14H2/t9?,10-,11?,12?/m1/s1. The van der Waals surface area contributed by atoms with Gasteiger partial charge in [-0.2, -0.15) is 0 Å². The molecule has 0 radical (unpaired) electrons. The molecule has 4 atom stereocenters. The van der Waals surface area contributed by atoms with Gasteiger partial charge in [-0.25, -0.2) is 0 Å². The molecule has 1 amide bonds. The molecule has 0 aromatic rings. The maximum absolute atomic E-state index is 12.3. The first-order chi connectivity index (χ1) is 8.24. The second-order valence-corrected chi connectivity index (χ2v) is 5.94. The number of likely N-dealkylation sites (tertiary alicyclic amines) is 1. The molecule has 1 aliphatic carbocycles. The minimum Gasteiger partial charge on any atom is -0.340 e. The highest BCUT2D eigenvalue weighted by Crippen LogP contribution is 2.33. The Labute approximate surface area is 103 Å². The molecule has 2 saturated heterocycles. The Morgan fingerprint density at radius 3 is 2.76 bits per heavy atom. The fourth-order valence-corrected chi connectivity index (χ4v) is 3.72. The highest BCUT2D eigenvalue weighted by Gasteiger charge is 2.40. The number of nitrogens with two attached hydrogens (primary N) is 1. The van der Waals surface area contributed by atoms with E-state index in [9.17, 15) is 4.79 Å². The number of carbonyl (C=O) groups excluding carboxylic acids is 1. The van der Waals surface area contributed by atoms with Crippen LogP contribution in [-0.2, 0) is 4.79 Å². The maximum Gasteiger partial charge on any atom is 0.239 e. The Balaban J connectivity index is 1.60. The Morgan fingerprint density at radius 1 is 1.24 bits per heavy atom. The van der Waals surface area contributed by atoms with Crippen molar-refractivity contribution < 1.29 is 4.79 Å². The van der Waals surface area contributed by atoms with Crippen LogP contribution in [0.1, 0.15) is 38.5 Å². The average Bonchev–Trinajstić information content (AvgIpc) is 2.93. The van der Waals surface area contributed by atoms with Crippen molar-refractivity contribution >= 4 is 5.91 Å². The van der Waals surface area contributed by atoms with E-state index in [1.54, 1.807) is 0 Å². The molecule has 0 aromatic heterocycles. The molecule has 1 saturated carbocycles. The Bertz CT molecular complexity index is 293. The predicted molar refractivity (Wildman–Crippen MR) is 66.5 cm³/mol. The first-order valence-corrected chi connectivity index (χ1v) is 7.04. The molecule has 4 nitrogen and oxygen atoms in total. The molecular formula is C13H23N3O. The lowest BCUT2D eigenvalue weighted by Gasteiger charge is -2.24. The molecule has 3 N–H and O–H groups in total. The maximum atomic E-state index is 12.3. The van der Waals surface area contributed by atoms with E-state index in [1.165, 1.54) is 25.7 Å². The molecule has 3 unspecified atom stereocenters. The summed E-state index contributed by atoms with van der Waals surface area (Å²) in [7, 11) is 0. The molecule has 2 heterocycles. The zero-order valence-corrected chi connectivity index (χ0v) is 10.4. The van der Waals surface area contributed by atoms with Gasteiger partial charge in [0.05, 0.1) is 6.04 Å². The molecule has 2 aliphatic heterocycles. The van der Waals surface area contributed by atoms with Gasteiger partial charge in [0.15, 0.2) is 0 Å². The number of amides is 1. The van der Waals surface area contributed by atoms with Crippen molar-refractivity contribution in [1.82, 2.24) is 10.2 Å². The summed E-state index contributed by atoms with van der Waals surface area (Å²) in [5, 5.41) is 3.55. The monoisotopic (exact) mass is 237 g/mol. The highest BCUT2D eigenvalue weighted by molar-refractivity contribution is 5.82. The molecule has 3 rings (SSSR count). The Hall–Kier alpha value is -0.610. The van der Waals surface area contributed by atoms with Crippen LogP contribution in [0, 0.1) is 5.92 Å². The van der Waals surface area contributed by atoms with E-state index in [2.05, 4.69) is 5.32 Å².